The summed E-state index contributed by atoms with van der Waals surface area (Å²) >= 11 is 0. The number of benzene rings is 1. The van der Waals surface area contributed by atoms with Crippen molar-refractivity contribution in [1.29, 1.82) is 0 Å². The van der Waals surface area contributed by atoms with Crippen LogP contribution in [0.4, 0.5) is 10.7 Å². The maximum Gasteiger partial charge on any atom is 0.407 e. The number of hydrogen-bond donors (Lipinski definition) is 3. The minimum absolute atomic E-state index is 0.0548. The number of tetrazole rings is 1. The van der Waals surface area contributed by atoms with Gasteiger partial charge in [0.2, 0.25) is 0 Å². The van der Waals surface area contributed by atoms with E-state index in [2.05, 4.69) is 43.4 Å². The minimum atomic E-state index is -0.491. The Kier molecular flexibility index (Phi) is 5.39. The van der Waals surface area contributed by atoms with Crippen molar-refractivity contribution in [3.05, 3.63) is 35.9 Å². The molecule has 0 aliphatic heterocycles. The quantitative estimate of drug-likeness (QED) is 0.759. The van der Waals surface area contributed by atoms with Crippen molar-refractivity contribution in [3.8, 4) is 0 Å². The maximum atomic E-state index is 12.0. The number of anilines is 1. The third kappa shape index (κ3) is 4.93. The molecule has 1 aliphatic carbocycles. The second kappa shape index (κ2) is 7.72. The molecule has 1 aliphatic rings. The van der Waals surface area contributed by atoms with Gasteiger partial charge in [-0.15, -0.1) is 5.10 Å². The van der Waals surface area contributed by atoms with Crippen molar-refractivity contribution in [2.24, 2.45) is 5.92 Å². The van der Waals surface area contributed by atoms with Crippen molar-refractivity contribution in [1.82, 2.24) is 25.9 Å². The standard InChI is InChI=1S/C18H26N6O2/c1-18(2,3)26-17(25)19-14-10-9-13(11-14)15(12-7-5-4-6-8-12)20-16-21-23-24-22-16/h4-8,13-15H,9-11H2,1-3H3,(H,19,25)(H2,20,21,22,23,24)/t13-,14+,15?/m0/s1. The van der Waals surface area contributed by atoms with E-state index in [9.17, 15) is 4.79 Å². The van der Waals surface area contributed by atoms with E-state index in [1.54, 1.807) is 0 Å². The second-order valence-corrected chi connectivity index (χ2v) is 7.68. The number of H-pyrrole nitrogens is 1. The summed E-state index contributed by atoms with van der Waals surface area (Å²) < 4.78 is 5.37. The zero-order valence-corrected chi connectivity index (χ0v) is 15.4. The van der Waals surface area contributed by atoms with Crippen LogP contribution in [0.25, 0.3) is 0 Å². The van der Waals surface area contributed by atoms with Crippen LogP contribution in [0.2, 0.25) is 0 Å². The van der Waals surface area contributed by atoms with Gasteiger partial charge in [0.25, 0.3) is 5.95 Å². The molecule has 1 saturated carbocycles. The molecular weight excluding hydrogens is 332 g/mol. The fourth-order valence-corrected chi connectivity index (χ4v) is 3.42. The van der Waals surface area contributed by atoms with Crippen molar-refractivity contribution >= 4 is 12.0 Å². The molecule has 1 fully saturated rings. The Morgan fingerprint density at radius 2 is 2.04 bits per heavy atom. The molecule has 1 amide bonds. The summed E-state index contributed by atoms with van der Waals surface area (Å²) in [6, 6.07) is 10.4. The Labute approximate surface area is 153 Å². The molecule has 1 heterocycles. The fraction of sp³-hybridized carbons (Fsp3) is 0.556. The topological polar surface area (TPSA) is 105 Å². The van der Waals surface area contributed by atoms with Crippen LogP contribution in [0, 0.1) is 5.92 Å². The molecule has 1 aromatic heterocycles. The van der Waals surface area contributed by atoms with Crippen LogP contribution in [0.1, 0.15) is 51.6 Å². The van der Waals surface area contributed by atoms with E-state index in [0.717, 1.165) is 19.3 Å². The van der Waals surface area contributed by atoms with Crippen LogP contribution in [0.5, 0.6) is 0 Å². The molecule has 2 aromatic rings. The summed E-state index contributed by atoms with van der Waals surface area (Å²) in [6.07, 6.45) is 2.42. The van der Waals surface area contributed by atoms with Crippen LogP contribution >= 0.6 is 0 Å². The van der Waals surface area contributed by atoms with Crippen LogP contribution in [-0.2, 0) is 4.74 Å². The largest absolute Gasteiger partial charge is 0.444 e. The highest BCUT2D eigenvalue weighted by atomic mass is 16.6. The Morgan fingerprint density at radius 1 is 1.27 bits per heavy atom. The van der Waals surface area contributed by atoms with Gasteiger partial charge in [0.15, 0.2) is 0 Å². The Hall–Kier alpha value is -2.64. The third-order valence-corrected chi connectivity index (χ3v) is 4.45. The van der Waals surface area contributed by atoms with E-state index in [-0.39, 0.29) is 18.2 Å². The van der Waals surface area contributed by atoms with Crippen molar-refractivity contribution in [2.75, 3.05) is 5.32 Å². The predicted octanol–water partition coefficient (Wildman–Crippen LogP) is 3.05. The SMILES string of the molecule is CC(C)(C)OC(=O)N[C@@H]1CC[C@H](C(Nc2nn[nH]n2)c2ccccc2)C1. The number of rotatable bonds is 5. The number of carbonyl (C=O) groups excluding carboxylic acids is 1. The summed E-state index contributed by atoms with van der Waals surface area (Å²) in [5.41, 5.74) is 0.676. The number of hydrogen-bond acceptors (Lipinski definition) is 6. The van der Waals surface area contributed by atoms with Crippen LogP contribution < -0.4 is 10.6 Å². The van der Waals surface area contributed by atoms with E-state index in [1.807, 2.05) is 39.0 Å². The molecule has 3 N–H and O–H groups in total. The van der Waals surface area contributed by atoms with Gasteiger partial charge in [-0.25, -0.2) is 4.79 Å². The molecule has 26 heavy (non-hydrogen) atoms. The van der Waals surface area contributed by atoms with Crippen molar-refractivity contribution in [2.45, 2.75) is 57.7 Å². The molecule has 3 rings (SSSR count). The lowest BCUT2D eigenvalue weighted by atomic mass is 9.91. The summed E-state index contributed by atoms with van der Waals surface area (Å²) in [7, 11) is 0. The normalized spacial score (nSPS) is 21.2. The molecule has 0 bridgehead atoms. The van der Waals surface area contributed by atoms with Gasteiger partial charge in [-0.2, -0.15) is 5.21 Å². The first-order chi connectivity index (χ1) is 12.4. The summed E-state index contributed by atoms with van der Waals surface area (Å²) in [5, 5.41) is 20.5. The highest BCUT2D eigenvalue weighted by Crippen LogP contribution is 2.37. The highest BCUT2D eigenvalue weighted by molar-refractivity contribution is 5.68. The Bertz CT molecular complexity index is 698. The molecule has 1 aromatic carbocycles. The van der Waals surface area contributed by atoms with Gasteiger partial charge in [-0.3, -0.25) is 0 Å². The number of nitrogens with zero attached hydrogens (tertiary/aromatic N) is 3. The maximum absolute atomic E-state index is 12.0. The van der Waals surface area contributed by atoms with E-state index in [0.29, 0.717) is 11.9 Å². The van der Waals surface area contributed by atoms with E-state index < -0.39 is 5.60 Å². The van der Waals surface area contributed by atoms with Crippen LogP contribution in [-0.4, -0.2) is 38.4 Å². The molecular formula is C18H26N6O2. The lowest BCUT2D eigenvalue weighted by molar-refractivity contribution is 0.0504. The number of ether oxygens (including phenoxy) is 1. The van der Waals surface area contributed by atoms with Gasteiger partial charge in [-0.1, -0.05) is 35.4 Å². The zero-order valence-electron chi connectivity index (χ0n) is 15.4. The summed E-state index contributed by atoms with van der Waals surface area (Å²) in [6.45, 7) is 5.60. The molecule has 140 valence electrons. The molecule has 0 saturated heterocycles. The fourth-order valence-electron chi connectivity index (χ4n) is 3.42. The summed E-state index contributed by atoms with van der Waals surface area (Å²) in [4.78, 5) is 12.0. The van der Waals surface area contributed by atoms with Gasteiger partial charge in [-0.05, 0) is 56.7 Å². The van der Waals surface area contributed by atoms with Crippen molar-refractivity contribution < 1.29 is 9.53 Å². The Morgan fingerprint density at radius 3 is 2.69 bits per heavy atom. The number of alkyl carbamates (subject to hydrolysis) is 1. The first-order valence-corrected chi connectivity index (χ1v) is 8.95. The number of aromatic nitrogens is 4. The van der Waals surface area contributed by atoms with E-state index >= 15 is 0 Å². The second-order valence-electron chi connectivity index (χ2n) is 7.68. The molecule has 1 unspecified atom stereocenters. The van der Waals surface area contributed by atoms with E-state index in [4.69, 9.17) is 4.74 Å². The van der Waals surface area contributed by atoms with Crippen LogP contribution in [0.3, 0.4) is 0 Å². The average Bonchev–Trinajstić information content (AvgIpc) is 3.23. The first kappa shape index (κ1) is 18.2. The number of amides is 1. The minimum Gasteiger partial charge on any atom is -0.444 e. The smallest absolute Gasteiger partial charge is 0.407 e. The molecule has 0 spiro atoms. The molecule has 8 nitrogen and oxygen atoms in total. The lowest BCUT2D eigenvalue weighted by Gasteiger charge is -2.25. The predicted molar refractivity (Wildman–Crippen MR) is 97.5 cm³/mol. The molecule has 3 atom stereocenters. The van der Waals surface area contributed by atoms with Gasteiger partial charge in [0.05, 0.1) is 6.04 Å². The monoisotopic (exact) mass is 358 g/mol. The van der Waals surface area contributed by atoms with Gasteiger partial charge < -0.3 is 15.4 Å². The lowest BCUT2D eigenvalue weighted by Crippen LogP contribution is -2.38. The third-order valence-electron chi connectivity index (χ3n) is 4.45. The average molecular weight is 358 g/mol. The number of aromatic amines is 1. The Balaban J connectivity index is 1.65. The summed E-state index contributed by atoms with van der Waals surface area (Å²) in [5.74, 6) is 0.818. The van der Waals surface area contributed by atoms with Crippen molar-refractivity contribution in [3.63, 3.8) is 0 Å². The highest BCUT2D eigenvalue weighted by Gasteiger charge is 2.33. The van der Waals surface area contributed by atoms with Gasteiger partial charge >= 0.3 is 6.09 Å². The molecule has 8 heteroatoms. The van der Waals surface area contributed by atoms with Gasteiger partial charge in [0.1, 0.15) is 5.60 Å². The zero-order chi connectivity index (χ0) is 18.6. The van der Waals surface area contributed by atoms with Gasteiger partial charge in [0, 0.05) is 6.04 Å². The number of nitrogens with one attached hydrogen (secondary N) is 3. The van der Waals surface area contributed by atoms with E-state index in [1.165, 1.54) is 5.56 Å². The van der Waals surface area contributed by atoms with Crippen LogP contribution in [0.15, 0.2) is 30.3 Å². The first-order valence-electron chi connectivity index (χ1n) is 8.95. The molecule has 0 radical (unpaired) electrons. The number of carbonyl (C=O) groups is 1.